The van der Waals surface area contributed by atoms with Crippen LogP contribution in [0.2, 0.25) is 0 Å². The number of rotatable bonds is 4. The molecule has 5 nitrogen and oxygen atoms in total. The molecule has 0 amide bonds. The van der Waals surface area contributed by atoms with E-state index in [1.165, 1.54) is 0 Å². The highest BCUT2D eigenvalue weighted by atomic mass is 32.2. The van der Waals surface area contributed by atoms with Crippen molar-refractivity contribution in [1.82, 2.24) is 4.72 Å². The quantitative estimate of drug-likeness (QED) is 0.830. The van der Waals surface area contributed by atoms with E-state index in [2.05, 4.69) is 4.72 Å². The third-order valence-electron chi connectivity index (χ3n) is 4.44. The molecule has 1 saturated heterocycles. The first-order chi connectivity index (χ1) is 9.88. The lowest BCUT2D eigenvalue weighted by atomic mass is 10.1. The molecule has 0 aromatic heterocycles. The van der Waals surface area contributed by atoms with Gasteiger partial charge in [-0.2, -0.15) is 0 Å². The summed E-state index contributed by atoms with van der Waals surface area (Å²) in [6, 6.07) is 3.23. The first-order valence-corrected chi connectivity index (χ1v) is 8.87. The Morgan fingerprint density at radius 3 is 2.52 bits per heavy atom. The molecule has 1 aromatic carbocycles. The van der Waals surface area contributed by atoms with E-state index in [1.807, 2.05) is 13.8 Å². The van der Waals surface area contributed by atoms with E-state index in [1.54, 1.807) is 12.1 Å². The Labute approximate surface area is 125 Å². The maximum absolute atomic E-state index is 12.6. The van der Waals surface area contributed by atoms with Crippen LogP contribution in [0.3, 0.4) is 0 Å². The number of benzene rings is 1. The van der Waals surface area contributed by atoms with E-state index in [0.717, 1.165) is 30.4 Å². The number of nitrogens with two attached hydrogens (primary N) is 1. The summed E-state index contributed by atoms with van der Waals surface area (Å²) in [5.74, 6) is 0.511. The molecule has 1 aliphatic carbocycles. The van der Waals surface area contributed by atoms with Crippen LogP contribution in [0.15, 0.2) is 17.0 Å². The molecule has 0 radical (unpaired) electrons. The van der Waals surface area contributed by atoms with Crippen LogP contribution in [0, 0.1) is 19.8 Å². The van der Waals surface area contributed by atoms with Crippen molar-refractivity contribution in [2.24, 2.45) is 5.92 Å². The minimum atomic E-state index is -3.61. The number of nitrogen functional groups attached to an aromatic ring is 1. The van der Waals surface area contributed by atoms with Crippen molar-refractivity contribution in [3.05, 3.63) is 23.3 Å². The van der Waals surface area contributed by atoms with Crippen LogP contribution < -0.4 is 10.5 Å². The molecule has 3 rings (SSSR count). The number of hydrogen-bond acceptors (Lipinski definition) is 4. The molecule has 6 heteroatoms. The summed E-state index contributed by atoms with van der Waals surface area (Å²) >= 11 is 0. The molecule has 1 heterocycles. The molecule has 0 spiro atoms. The summed E-state index contributed by atoms with van der Waals surface area (Å²) in [6.07, 6.45) is 3.02. The highest BCUT2D eigenvalue weighted by Crippen LogP contribution is 2.39. The number of nitrogens with one attached hydrogen (secondary N) is 1. The van der Waals surface area contributed by atoms with Gasteiger partial charge in [-0.05, 0) is 62.3 Å². The van der Waals surface area contributed by atoms with Gasteiger partial charge in [0.05, 0.1) is 17.8 Å². The Bertz CT molecular complexity index is 653. The first kappa shape index (κ1) is 14.8. The second kappa shape index (κ2) is 5.26. The third-order valence-corrected chi connectivity index (χ3v) is 5.99. The molecular weight excluding hydrogens is 288 g/mol. The van der Waals surface area contributed by atoms with Crippen molar-refractivity contribution in [1.29, 1.82) is 0 Å². The average Bonchev–Trinajstić information content (AvgIpc) is 3.14. The molecule has 2 aliphatic rings. The summed E-state index contributed by atoms with van der Waals surface area (Å²) in [5.41, 5.74) is 8.12. The maximum atomic E-state index is 12.6. The monoisotopic (exact) mass is 310 g/mol. The van der Waals surface area contributed by atoms with Crippen molar-refractivity contribution < 1.29 is 13.2 Å². The van der Waals surface area contributed by atoms with Gasteiger partial charge in [0.15, 0.2) is 0 Å². The van der Waals surface area contributed by atoms with E-state index in [4.69, 9.17) is 10.5 Å². The smallest absolute Gasteiger partial charge is 0.242 e. The lowest BCUT2D eigenvalue weighted by Gasteiger charge is -2.20. The topological polar surface area (TPSA) is 81.4 Å². The van der Waals surface area contributed by atoms with Gasteiger partial charge in [0.25, 0.3) is 0 Å². The number of hydrogen-bond donors (Lipinski definition) is 2. The van der Waals surface area contributed by atoms with Gasteiger partial charge in [0.1, 0.15) is 4.90 Å². The fraction of sp³-hybridized carbons (Fsp3) is 0.600. The van der Waals surface area contributed by atoms with Crippen LogP contribution in [0.25, 0.3) is 0 Å². The second-order valence-corrected chi connectivity index (χ2v) is 7.85. The molecule has 3 N–H and O–H groups in total. The Balaban J connectivity index is 1.85. The summed E-state index contributed by atoms with van der Waals surface area (Å²) in [4.78, 5) is 0.173. The summed E-state index contributed by atoms with van der Waals surface area (Å²) in [7, 11) is -3.61. The first-order valence-electron chi connectivity index (χ1n) is 7.39. The zero-order valence-corrected chi connectivity index (χ0v) is 13.2. The molecular formula is C15H22N2O3S. The van der Waals surface area contributed by atoms with E-state index in [9.17, 15) is 8.42 Å². The predicted molar refractivity (Wildman–Crippen MR) is 81.5 cm³/mol. The SMILES string of the molecule is Cc1cc(N)c(S(=O)(=O)NC2CCOC2C2CC2)cc1C. The van der Waals surface area contributed by atoms with E-state index in [-0.39, 0.29) is 17.0 Å². The Morgan fingerprint density at radius 2 is 1.86 bits per heavy atom. The molecule has 1 aliphatic heterocycles. The van der Waals surface area contributed by atoms with E-state index in [0.29, 0.717) is 18.2 Å². The summed E-state index contributed by atoms with van der Waals surface area (Å²) in [6.45, 7) is 4.43. The standard InChI is InChI=1S/C15H22N2O3S/c1-9-7-12(16)14(8-10(9)2)21(18,19)17-13-5-6-20-15(13)11-3-4-11/h7-8,11,13,15,17H,3-6,16H2,1-2H3. The summed E-state index contributed by atoms with van der Waals surface area (Å²) in [5, 5.41) is 0. The van der Waals surface area contributed by atoms with Crippen LogP contribution in [0.4, 0.5) is 5.69 Å². The Morgan fingerprint density at radius 1 is 1.19 bits per heavy atom. The fourth-order valence-corrected chi connectivity index (χ4v) is 4.41. The van der Waals surface area contributed by atoms with Crippen molar-refractivity contribution in [2.75, 3.05) is 12.3 Å². The molecule has 1 aromatic rings. The van der Waals surface area contributed by atoms with Crippen LogP contribution in [-0.4, -0.2) is 27.2 Å². The largest absolute Gasteiger partial charge is 0.398 e. The van der Waals surface area contributed by atoms with Crippen molar-refractivity contribution in [3.8, 4) is 0 Å². The van der Waals surface area contributed by atoms with Gasteiger partial charge in [0, 0.05) is 6.61 Å². The van der Waals surface area contributed by atoms with Gasteiger partial charge >= 0.3 is 0 Å². The van der Waals surface area contributed by atoms with Crippen LogP contribution in [-0.2, 0) is 14.8 Å². The van der Waals surface area contributed by atoms with Gasteiger partial charge in [-0.1, -0.05) is 0 Å². The third kappa shape index (κ3) is 2.93. The zero-order valence-electron chi connectivity index (χ0n) is 12.4. The van der Waals surface area contributed by atoms with Gasteiger partial charge in [-0.25, -0.2) is 13.1 Å². The average molecular weight is 310 g/mol. The van der Waals surface area contributed by atoms with Crippen LogP contribution in [0.1, 0.15) is 30.4 Å². The van der Waals surface area contributed by atoms with E-state index >= 15 is 0 Å². The molecule has 0 bridgehead atoms. The lowest BCUT2D eigenvalue weighted by molar-refractivity contribution is 0.0848. The highest BCUT2D eigenvalue weighted by molar-refractivity contribution is 7.89. The van der Waals surface area contributed by atoms with Gasteiger partial charge in [0.2, 0.25) is 10.0 Å². The lowest BCUT2D eigenvalue weighted by Crippen LogP contribution is -2.41. The van der Waals surface area contributed by atoms with Crippen LogP contribution in [0.5, 0.6) is 0 Å². The molecule has 2 atom stereocenters. The maximum Gasteiger partial charge on any atom is 0.242 e. The Hall–Kier alpha value is -1.11. The molecule has 116 valence electrons. The van der Waals surface area contributed by atoms with Crippen molar-refractivity contribution >= 4 is 15.7 Å². The Kier molecular flexibility index (Phi) is 3.71. The molecule has 2 fully saturated rings. The van der Waals surface area contributed by atoms with Crippen molar-refractivity contribution in [3.63, 3.8) is 0 Å². The zero-order chi connectivity index (χ0) is 15.2. The minimum absolute atomic E-state index is 0.0209. The van der Waals surface area contributed by atoms with Gasteiger partial charge in [-0.15, -0.1) is 0 Å². The molecule has 2 unspecified atom stereocenters. The molecule has 1 saturated carbocycles. The number of sulfonamides is 1. The van der Waals surface area contributed by atoms with Crippen LogP contribution >= 0.6 is 0 Å². The normalized spacial score (nSPS) is 26.2. The summed E-state index contributed by atoms with van der Waals surface area (Å²) < 4.78 is 33.7. The number of anilines is 1. The number of aryl methyl sites for hydroxylation is 2. The van der Waals surface area contributed by atoms with Crippen molar-refractivity contribution in [2.45, 2.75) is 50.2 Å². The van der Waals surface area contributed by atoms with Gasteiger partial charge in [-0.3, -0.25) is 0 Å². The highest BCUT2D eigenvalue weighted by Gasteiger charge is 2.42. The van der Waals surface area contributed by atoms with E-state index < -0.39 is 10.0 Å². The predicted octanol–water partition coefficient (Wildman–Crippen LogP) is 1.73. The fourth-order valence-electron chi connectivity index (χ4n) is 2.93. The molecule has 21 heavy (non-hydrogen) atoms. The second-order valence-electron chi connectivity index (χ2n) is 6.16. The minimum Gasteiger partial charge on any atom is -0.398 e. The number of ether oxygens (including phenoxy) is 1. The van der Waals surface area contributed by atoms with Gasteiger partial charge < -0.3 is 10.5 Å².